The second kappa shape index (κ2) is 5.99. The molecule has 0 amide bonds. The summed E-state index contributed by atoms with van der Waals surface area (Å²) in [4.78, 5) is 10.1. The van der Waals surface area contributed by atoms with Crippen LogP contribution in [0.4, 0.5) is 5.69 Å². The molecular formula is C10H14N2O2. The van der Waals surface area contributed by atoms with E-state index in [1.54, 1.807) is 0 Å². The van der Waals surface area contributed by atoms with Gasteiger partial charge in [-0.2, -0.15) is 0 Å². The molecular weight excluding hydrogens is 180 g/mol. The van der Waals surface area contributed by atoms with E-state index in [0.29, 0.717) is 6.54 Å². The summed E-state index contributed by atoms with van der Waals surface area (Å²) in [5.41, 5.74) is 1.05. The van der Waals surface area contributed by atoms with Crippen LogP contribution in [0.1, 0.15) is 0 Å². The molecule has 76 valence electrons. The van der Waals surface area contributed by atoms with Crippen molar-refractivity contribution in [1.29, 1.82) is 0 Å². The lowest BCUT2D eigenvalue weighted by Gasteiger charge is -2.05. The number of carboxylic acids is 1. The van der Waals surface area contributed by atoms with Crippen LogP contribution in [-0.4, -0.2) is 30.7 Å². The smallest absolute Gasteiger partial charge is 0.317 e. The third-order valence-corrected chi connectivity index (χ3v) is 1.68. The zero-order chi connectivity index (χ0) is 10.2. The monoisotopic (exact) mass is 194 g/mol. The average Bonchev–Trinajstić information content (AvgIpc) is 2.18. The largest absolute Gasteiger partial charge is 0.480 e. The van der Waals surface area contributed by atoms with Gasteiger partial charge in [0.15, 0.2) is 0 Å². The van der Waals surface area contributed by atoms with E-state index in [1.807, 2.05) is 30.3 Å². The van der Waals surface area contributed by atoms with Crippen LogP contribution in [0.15, 0.2) is 30.3 Å². The molecule has 0 radical (unpaired) electrons. The van der Waals surface area contributed by atoms with Gasteiger partial charge in [0, 0.05) is 18.8 Å². The van der Waals surface area contributed by atoms with Crippen LogP contribution in [0, 0.1) is 0 Å². The molecule has 0 aromatic heterocycles. The van der Waals surface area contributed by atoms with Crippen molar-refractivity contribution in [3.8, 4) is 0 Å². The topological polar surface area (TPSA) is 61.4 Å². The molecule has 0 fully saturated rings. The fourth-order valence-corrected chi connectivity index (χ4v) is 1.05. The number of nitrogens with one attached hydrogen (secondary N) is 2. The van der Waals surface area contributed by atoms with E-state index in [0.717, 1.165) is 12.2 Å². The van der Waals surface area contributed by atoms with E-state index in [9.17, 15) is 4.79 Å². The number of rotatable bonds is 6. The van der Waals surface area contributed by atoms with Gasteiger partial charge in [-0.1, -0.05) is 18.2 Å². The molecule has 1 aromatic carbocycles. The lowest BCUT2D eigenvalue weighted by molar-refractivity contribution is -0.135. The van der Waals surface area contributed by atoms with Gasteiger partial charge in [-0.15, -0.1) is 0 Å². The Bertz CT molecular complexity index is 275. The fourth-order valence-electron chi connectivity index (χ4n) is 1.05. The minimum atomic E-state index is -0.829. The molecule has 1 rings (SSSR count). The minimum absolute atomic E-state index is 0.0104. The standard InChI is InChI=1S/C10H14N2O2/c13-10(14)8-11-6-7-12-9-4-2-1-3-5-9/h1-5,11-12H,6-8H2,(H,13,14). The van der Waals surface area contributed by atoms with Crippen molar-refractivity contribution >= 4 is 11.7 Å². The Hall–Kier alpha value is -1.55. The van der Waals surface area contributed by atoms with Gasteiger partial charge in [0.25, 0.3) is 0 Å². The summed E-state index contributed by atoms with van der Waals surface area (Å²) in [6.07, 6.45) is 0. The van der Waals surface area contributed by atoms with Crippen LogP contribution < -0.4 is 10.6 Å². The quantitative estimate of drug-likeness (QED) is 0.585. The molecule has 0 spiro atoms. The maximum absolute atomic E-state index is 10.1. The number of hydrogen-bond acceptors (Lipinski definition) is 3. The Morgan fingerprint density at radius 2 is 1.93 bits per heavy atom. The Labute approximate surface area is 82.9 Å². The first kappa shape index (κ1) is 10.5. The molecule has 4 heteroatoms. The Balaban J connectivity index is 2.08. The lowest BCUT2D eigenvalue weighted by atomic mass is 10.3. The molecule has 0 heterocycles. The van der Waals surface area contributed by atoms with Crippen LogP contribution in [-0.2, 0) is 4.79 Å². The SMILES string of the molecule is O=C(O)CNCCNc1ccccc1. The zero-order valence-electron chi connectivity index (χ0n) is 7.86. The molecule has 0 aliphatic carbocycles. The highest BCUT2D eigenvalue weighted by molar-refractivity contribution is 5.68. The van der Waals surface area contributed by atoms with Gasteiger partial charge in [-0.05, 0) is 12.1 Å². The second-order valence-electron chi connectivity index (χ2n) is 2.86. The highest BCUT2D eigenvalue weighted by Gasteiger charge is 1.93. The summed E-state index contributed by atoms with van der Waals surface area (Å²) in [5, 5.41) is 14.3. The van der Waals surface area contributed by atoms with Gasteiger partial charge >= 0.3 is 5.97 Å². The minimum Gasteiger partial charge on any atom is -0.480 e. The molecule has 1 aromatic rings. The number of anilines is 1. The van der Waals surface area contributed by atoms with Gasteiger partial charge in [-0.25, -0.2) is 0 Å². The highest BCUT2D eigenvalue weighted by Crippen LogP contribution is 2.03. The lowest BCUT2D eigenvalue weighted by Crippen LogP contribution is -2.27. The predicted molar refractivity (Wildman–Crippen MR) is 55.4 cm³/mol. The summed E-state index contributed by atoms with van der Waals surface area (Å²) >= 11 is 0. The van der Waals surface area contributed by atoms with Crippen molar-refractivity contribution in [2.75, 3.05) is 25.0 Å². The zero-order valence-corrected chi connectivity index (χ0v) is 7.86. The van der Waals surface area contributed by atoms with E-state index < -0.39 is 5.97 Å². The third kappa shape index (κ3) is 4.47. The number of carbonyl (C=O) groups is 1. The van der Waals surface area contributed by atoms with Crippen LogP contribution >= 0.6 is 0 Å². The van der Waals surface area contributed by atoms with Crippen molar-refractivity contribution in [3.05, 3.63) is 30.3 Å². The van der Waals surface area contributed by atoms with Gasteiger partial charge in [0.2, 0.25) is 0 Å². The van der Waals surface area contributed by atoms with Crippen LogP contribution in [0.2, 0.25) is 0 Å². The Kier molecular flexibility index (Phi) is 4.50. The van der Waals surface area contributed by atoms with Crippen molar-refractivity contribution < 1.29 is 9.90 Å². The Morgan fingerprint density at radius 3 is 2.57 bits per heavy atom. The summed E-state index contributed by atoms with van der Waals surface area (Å²) in [5.74, 6) is -0.829. The number of benzene rings is 1. The van der Waals surface area contributed by atoms with Crippen LogP contribution in [0.3, 0.4) is 0 Å². The van der Waals surface area contributed by atoms with Gasteiger partial charge in [-0.3, -0.25) is 4.79 Å². The summed E-state index contributed by atoms with van der Waals surface area (Å²) in [7, 11) is 0. The normalized spacial score (nSPS) is 9.71. The third-order valence-electron chi connectivity index (χ3n) is 1.68. The number of aliphatic carboxylic acids is 1. The van der Waals surface area contributed by atoms with E-state index in [2.05, 4.69) is 10.6 Å². The molecule has 14 heavy (non-hydrogen) atoms. The molecule has 0 saturated carbocycles. The molecule has 0 aliphatic heterocycles. The van der Waals surface area contributed by atoms with Crippen molar-refractivity contribution in [2.45, 2.75) is 0 Å². The summed E-state index contributed by atoms with van der Waals surface area (Å²) < 4.78 is 0. The molecule has 0 aliphatic rings. The average molecular weight is 194 g/mol. The molecule has 0 bridgehead atoms. The van der Waals surface area contributed by atoms with Crippen LogP contribution in [0.25, 0.3) is 0 Å². The van der Waals surface area contributed by atoms with Crippen LogP contribution in [0.5, 0.6) is 0 Å². The van der Waals surface area contributed by atoms with E-state index in [4.69, 9.17) is 5.11 Å². The van der Waals surface area contributed by atoms with Gasteiger partial charge < -0.3 is 15.7 Å². The number of para-hydroxylation sites is 1. The maximum atomic E-state index is 10.1. The van der Waals surface area contributed by atoms with Crippen molar-refractivity contribution in [3.63, 3.8) is 0 Å². The van der Waals surface area contributed by atoms with E-state index in [1.165, 1.54) is 0 Å². The summed E-state index contributed by atoms with van der Waals surface area (Å²) in [6, 6.07) is 9.79. The molecule has 0 atom stereocenters. The van der Waals surface area contributed by atoms with Crippen molar-refractivity contribution in [1.82, 2.24) is 5.32 Å². The number of carboxylic acid groups (broad SMARTS) is 1. The molecule has 0 unspecified atom stereocenters. The molecule has 3 N–H and O–H groups in total. The first-order chi connectivity index (χ1) is 6.79. The van der Waals surface area contributed by atoms with Gasteiger partial charge in [0.1, 0.15) is 0 Å². The first-order valence-electron chi connectivity index (χ1n) is 4.50. The Morgan fingerprint density at radius 1 is 1.21 bits per heavy atom. The second-order valence-corrected chi connectivity index (χ2v) is 2.86. The van der Waals surface area contributed by atoms with E-state index in [-0.39, 0.29) is 6.54 Å². The van der Waals surface area contributed by atoms with Crippen molar-refractivity contribution in [2.24, 2.45) is 0 Å². The van der Waals surface area contributed by atoms with Gasteiger partial charge in [0.05, 0.1) is 6.54 Å². The maximum Gasteiger partial charge on any atom is 0.317 e. The van der Waals surface area contributed by atoms with E-state index >= 15 is 0 Å². The first-order valence-corrected chi connectivity index (χ1v) is 4.50. The molecule has 0 saturated heterocycles. The molecule has 4 nitrogen and oxygen atoms in total. The number of hydrogen-bond donors (Lipinski definition) is 3. The highest BCUT2D eigenvalue weighted by atomic mass is 16.4. The fraction of sp³-hybridized carbons (Fsp3) is 0.300. The predicted octanol–water partition coefficient (Wildman–Crippen LogP) is 0.773. The summed E-state index contributed by atoms with van der Waals surface area (Å²) in [6.45, 7) is 1.37.